The van der Waals surface area contributed by atoms with Crippen molar-refractivity contribution in [2.24, 2.45) is 0 Å². The molecule has 0 saturated carbocycles. The molecular weight excluding hydrogens is 292 g/mol. The van der Waals surface area contributed by atoms with E-state index in [-0.39, 0.29) is 11.4 Å². The molecule has 0 fully saturated rings. The van der Waals surface area contributed by atoms with Gasteiger partial charge in [-0.25, -0.2) is 4.98 Å². The monoisotopic (exact) mass is 302 g/mol. The molecule has 4 rings (SSSR count). The third kappa shape index (κ3) is 2.10. The standard InChI is InChI=1S/C13H6N4.C4H4S/c14-5-9-11-7-3-1-2-4-8(7)12(9)17-13(16)10(11)6-15;1-2-4-5-3-1/h1-4H,(H2,16,17);1-4H. The Bertz CT molecular complexity index is 898. The van der Waals surface area contributed by atoms with Crippen molar-refractivity contribution >= 4 is 17.2 Å². The summed E-state index contributed by atoms with van der Waals surface area (Å²) in [6, 6.07) is 15.7. The van der Waals surface area contributed by atoms with Crippen molar-refractivity contribution in [3.63, 3.8) is 0 Å². The molecule has 0 unspecified atom stereocenters. The Morgan fingerprint density at radius 2 is 1.55 bits per heavy atom. The largest absolute Gasteiger partial charge is 0.383 e. The van der Waals surface area contributed by atoms with E-state index in [0.717, 1.165) is 11.1 Å². The summed E-state index contributed by atoms with van der Waals surface area (Å²) >= 11 is 1.71. The summed E-state index contributed by atoms with van der Waals surface area (Å²) < 4.78 is 0. The van der Waals surface area contributed by atoms with Crippen LogP contribution >= 0.6 is 11.3 Å². The number of nitrogens with zero attached hydrogens (tertiary/aromatic N) is 3. The average molecular weight is 302 g/mol. The minimum atomic E-state index is 0.188. The highest BCUT2D eigenvalue weighted by Gasteiger charge is 2.29. The van der Waals surface area contributed by atoms with E-state index in [2.05, 4.69) is 11.1 Å². The number of hydrogen-bond acceptors (Lipinski definition) is 5. The highest BCUT2D eigenvalue weighted by molar-refractivity contribution is 7.07. The van der Waals surface area contributed by atoms with Crippen LogP contribution in [0.4, 0.5) is 5.82 Å². The van der Waals surface area contributed by atoms with Crippen LogP contribution in [0.1, 0.15) is 11.1 Å². The van der Waals surface area contributed by atoms with Crippen LogP contribution in [-0.4, -0.2) is 4.98 Å². The van der Waals surface area contributed by atoms with Crippen LogP contribution in [0.25, 0.3) is 22.4 Å². The minimum Gasteiger partial charge on any atom is -0.383 e. The molecule has 0 radical (unpaired) electrons. The first-order valence-corrected chi connectivity index (χ1v) is 7.42. The average Bonchev–Trinajstić information content (AvgIpc) is 3.19. The van der Waals surface area contributed by atoms with Gasteiger partial charge in [0, 0.05) is 11.1 Å². The van der Waals surface area contributed by atoms with E-state index in [1.165, 1.54) is 0 Å². The maximum absolute atomic E-state index is 9.18. The summed E-state index contributed by atoms with van der Waals surface area (Å²) in [6.45, 7) is 0. The van der Waals surface area contributed by atoms with Gasteiger partial charge < -0.3 is 5.73 Å². The quantitative estimate of drug-likeness (QED) is 0.535. The molecule has 0 amide bonds. The number of nitrogen functional groups attached to an aromatic ring is 1. The van der Waals surface area contributed by atoms with Crippen molar-refractivity contribution in [3.8, 4) is 34.5 Å². The predicted molar refractivity (Wildman–Crippen MR) is 86.8 cm³/mol. The van der Waals surface area contributed by atoms with Crippen LogP contribution in [0.3, 0.4) is 0 Å². The molecule has 2 heterocycles. The second kappa shape index (κ2) is 5.69. The van der Waals surface area contributed by atoms with Crippen LogP contribution in [0, 0.1) is 22.7 Å². The van der Waals surface area contributed by atoms with Crippen molar-refractivity contribution in [1.82, 2.24) is 4.98 Å². The van der Waals surface area contributed by atoms with Gasteiger partial charge in [0.25, 0.3) is 0 Å². The number of nitriles is 2. The van der Waals surface area contributed by atoms with Gasteiger partial charge in [0.2, 0.25) is 0 Å². The van der Waals surface area contributed by atoms with E-state index in [0.29, 0.717) is 16.8 Å². The molecule has 2 N–H and O–H groups in total. The molecule has 1 aliphatic carbocycles. The number of pyridine rings is 1. The lowest BCUT2D eigenvalue weighted by Gasteiger charge is -2.02. The smallest absolute Gasteiger partial charge is 0.142 e. The zero-order valence-electron chi connectivity index (χ0n) is 11.4. The fourth-order valence-corrected chi connectivity index (χ4v) is 2.88. The number of hydrogen-bond donors (Lipinski definition) is 1. The Morgan fingerprint density at radius 1 is 0.909 bits per heavy atom. The number of benzene rings is 1. The van der Waals surface area contributed by atoms with E-state index < -0.39 is 0 Å². The summed E-state index contributed by atoms with van der Waals surface area (Å²) in [5.74, 6) is 0.188. The SMILES string of the molecule is N#Cc1c(N)nc2c(C#N)c1-c1ccccc1-2.c1ccsc1. The molecular formula is C17H10N4S. The van der Waals surface area contributed by atoms with Gasteiger partial charge in [-0.1, -0.05) is 36.4 Å². The van der Waals surface area contributed by atoms with E-state index in [1.807, 2.05) is 53.2 Å². The first-order valence-electron chi connectivity index (χ1n) is 6.48. The van der Waals surface area contributed by atoms with Crippen molar-refractivity contribution < 1.29 is 0 Å². The number of nitrogens with two attached hydrogens (primary N) is 1. The summed E-state index contributed by atoms with van der Waals surface area (Å²) in [5.41, 5.74) is 9.39. The molecule has 5 heteroatoms. The molecule has 3 aromatic rings. The maximum Gasteiger partial charge on any atom is 0.142 e. The first-order chi connectivity index (χ1) is 10.8. The zero-order valence-corrected chi connectivity index (χ0v) is 12.3. The third-order valence-corrected chi connectivity index (χ3v) is 3.95. The Kier molecular flexibility index (Phi) is 3.57. The van der Waals surface area contributed by atoms with Crippen molar-refractivity contribution in [2.45, 2.75) is 0 Å². The molecule has 2 aromatic heterocycles. The lowest BCUT2D eigenvalue weighted by molar-refractivity contribution is 1.32. The van der Waals surface area contributed by atoms with Crippen molar-refractivity contribution in [2.75, 3.05) is 5.73 Å². The normalized spacial score (nSPS) is 9.91. The second-order valence-electron chi connectivity index (χ2n) is 4.53. The number of rotatable bonds is 0. The van der Waals surface area contributed by atoms with Gasteiger partial charge in [0.1, 0.15) is 23.5 Å². The van der Waals surface area contributed by atoms with E-state index >= 15 is 0 Å². The van der Waals surface area contributed by atoms with Crippen LogP contribution in [0.5, 0.6) is 0 Å². The van der Waals surface area contributed by atoms with Crippen LogP contribution in [0.2, 0.25) is 0 Å². The number of aromatic nitrogens is 1. The summed E-state index contributed by atoms with van der Waals surface area (Å²) in [4.78, 5) is 4.16. The van der Waals surface area contributed by atoms with Crippen molar-refractivity contribution in [3.05, 3.63) is 58.3 Å². The Labute approximate surface area is 131 Å². The van der Waals surface area contributed by atoms with Gasteiger partial charge in [0.05, 0.1) is 11.3 Å². The number of fused-ring (bicyclic) bond motifs is 5. The van der Waals surface area contributed by atoms with E-state index in [9.17, 15) is 5.26 Å². The Morgan fingerprint density at radius 3 is 2.09 bits per heavy atom. The van der Waals surface area contributed by atoms with Gasteiger partial charge in [-0.05, 0) is 16.3 Å². The molecule has 0 spiro atoms. The van der Waals surface area contributed by atoms with Crippen molar-refractivity contribution in [1.29, 1.82) is 10.5 Å². The molecule has 0 saturated heterocycles. The Hall–Kier alpha value is -3.15. The van der Waals surface area contributed by atoms with Crippen LogP contribution < -0.4 is 5.73 Å². The molecule has 4 nitrogen and oxygen atoms in total. The van der Waals surface area contributed by atoms with E-state index in [4.69, 9.17) is 11.0 Å². The molecule has 1 aromatic carbocycles. The molecule has 1 aliphatic rings. The fraction of sp³-hybridized carbons (Fsp3) is 0. The maximum atomic E-state index is 9.18. The molecule has 0 atom stereocenters. The van der Waals surface area contributed by atoms with Crippen LogP contribution in [0.15, 0.2) is 47.2 Å². The van der Waals surface area contributed by atoms with Gasteiger partial charge in [-0.15, -0.1) is 0 Å². The summed E-state index contributed by atoms with van der Waals surface area (Å²) in [7, 11) is 0. The molecule has 22 heavy (non-hydrogen) atoms. The highest BCUT2D eigenvalue weighted by Crippen LogP contribution is 2.46. The van der Waals surface area contributed by atoms with E-state index in [1.54, 1.807) is 11.3 Å². The van der Waals surface area contributed by atoms with Gasteiger partial charge >= 0.3 is 0 Å². The number of thiophene rings is 1. The van der Waals surface area contributed by atoms with Gasteiger partial charge in [0.15, 0.2) is 0 Å². The molecule has 104 valence electrons. The topological polar surface area (TPSA) is 86.5 Å². The number of anilines is 1. The predicted octanol–water partition coefficient (Wildman–Crippen LogP) is 3.80. The summed E-state index contributed by atoms with van der Waals surface area (Å²) in [6.07, 6.45) is 0. The van der Waals surface area contributed by atoms with Gasteiger partial charge in [-0.3, -0.25) is 0 Å². The first kappa shape index (κ1) is 13.8. The highest BCUT2D eigenvalue weighted by atomic mass is 32.1. The fourth-order valence-electron chi connectivity index (χ4n) is 2.42. The third-order valence-electron chi connectivity index (χ3n) is 3.33. The van der Waals surface area contributed by atoms with Crippen LogP contribution in [-0.2, 0) is 0 Å². The minimum absolute atomic E-state index is 0.188. The second-order valence-corrected chi connectivity index (χ2v) is 5.35. The zero-order chi connectivity index (χ0) is 15.5. The van der Waals surface area contributed by atoms with Gasteiger partial charge in [-0.2, -0.15) is 21.9 Å². The molecule has 2 bridgehead atoms. The lowest BCUT2D eigenvalue weighted by Crippen LogP contribution is -1.98. The Balaban J connectivity index is 0.000000246. The summed E-state index contributed by atoms with van der Waals surface area (Å²) in [5, 5.41) is 22.4. The lowest BCUT2D eigenvalue weighted by atomic mass is 10.0. The molecule has 0 aliphatic heterocycles.